The number of ether oxygens (including phenoxy) is 1. The van der Waals surface area contributed by atoms with Crippen LogP contribution in [-0.2, 0) is 9.53 Å². The lowest BCUT2D eigenvalue weighted by Crippen LogP contribution is -2.43. The number of hydrogen-bond donors (Lipinski definition) is 1. The van der Waals surface area contributed by atoms with Crippen molar-refractivity contribution in [3.05, 3.63) is 52.7 Å². The summed E-state index contributed by atoms with van der Waals surface area (Å²) in [6, 6.07) is 3.53. The fraction of sp³-hybridized carbons (Fsp3) is 0.483. The summed E-state index contributed by atoms with van der Waals surface area (Å²) in [4.78, 5) is 33.3. The number of carbonyl (C=O) groups excluding carboxylic acids is 2. The maximum Gasteiger partial charge on any atom is 0.343 e. The standard InChI is InChI=1S/C29H39N5O3S/c1-7-9-16-31-21(6)17-24(30)25-14-15-26(38-25)33-18-23(29(36)37-8-2)27(32-33)34(19(3)4)28(35)22-12-10-20(5)11-13-22/h7,9,14-20,22,30H,8,10-13H2,1-6H3/b9-7-,21-17+,30-24?,31-16-/t20-,22-. The third kappa shape index (κ3) is 7.16. The van der Waals surface area contributed by atoms with Gasteiger partial charge in [-0.1, -0.05) is 13.0 Å². The van der Waals surface area contributed by atoms with Crippen LogP contribution in [-0.4, -0.2) is 46.2 Å². The van der Waals surface area contributed by atoms with E-state index in [4.69, 9.17) is 15.2 Å². The molecule has 2 aromatic heterocycles. The Hall–Kier alpha value is -3.33. The molecule has 3 rings (SSSR count). The molecule has 8 nitrogen and oxygen atoms in total. The van der Waals surface area contributed by atoms with Crippen LogP contribution in [0.3, 0.4) is 0 Å². The average Bonchev–Trinajstić information content (AvgIpc) is 3.53. The number of thiophene rings is 1. The fourth-order valence-corrected chi connectivity index (χ4v) is 5.33. The molecule has 1 saturated carbocycles. The summed E-state index contributed by atoms with van der Waals surface area (Å²) in [7, 11) is 0. The van der Waals surface area contributed by atoms with Gasteiger partial charge in [-0.3, -0.25) is 20.1 Å². The maximum atomic E-state index is 13.7. The second kappa shape index (κ2) is 13.5. The smallest absolute Gasteiger partial charge is 0.343 e. The molecule has 0 radical (unpaired) electrons. The molecule has 0 aromatic carbocycles. The molecule has 1 aliphatic carbocycles. The highest BCUT2D eigenvalue weighted by molar-refractivity contribution is 7.16. The molecule has 1 fully saturated rings. The number of amides is 1. The Kier molecular flexibility index (Phi) is 10.4. The summed E-state index contributed by atoms with van der Waals surface area (Å²) in [6.45, 7) is 11.9. The first kappa shape index (κ1) is 29.2. The number of hydrogen-bond acceptors (Lipinski definition) is 7. The minimum atomic E-state index is -0.508. The van der Waals surface area contributed by atoms with Crippen molar-refractivity contribution in [2.24, 2.45) is 16.8 Å². The molecule has 2 aromatic rings. The third-order valence-electron chi connectivity index (χ3n) is 6.53. The van der Waals surface area contributed by atoms with Crippen molar-refractivity contribution in [2.45, 2.75) is 73.3 Å². The number of anilines is 1. The average molecular weight is 538 g/mol. The molecule has 0 bridgehead atoms. The maximum absolute atomic E-state index is 13.7. The fourth-order valence-electron chi connectivity index (χ4n) is 4.48. The van der Waals surface area contributed by atoms with Crippen molar-refractivity contribution in [3.8, 4) is 5.00 Å². The molecular weight excluding hydrogens is 498 g/mol. The number of aromatic nitrogens is 2. The van der Waals surface area contributed by atoms with Gasteiger partial charge >= 0.3 is 5.97 Å². The number of carbonyl (C=O) groups is 2. The molecule has 0 spiro atoms. The number of rotatable bonds is 10. The van der Waals surface area contributed by atoms with Crippen molar-refractivity contribution in [1.29, 1.82) is 5.41 Å². The van der Waals surface area contributed by atoms with Gasteiger partial charge in [0.25, 0.3) is 0 Å². The van der Waals surface area contributed by atoms with Gasteiger partial charge in [0.15, 0.2) is 5.82 Å². The van der Waals surface area contributed by atoms with Crippen LogP contribution in [0, 0.1) is 17.2 Å². The van der Waals surface area contributed by atoms with Gasteiger partial charge in [-0.05, 0) is 90.5 Å². The van der Waals surface area contributed by atoms with E-state index in [1.165, 1.54) is 11.3 Å². The minimum absolute atomic E-state index is 0.00966. The Morgan fingerprint density at radius 1 is 1.29 bits per heavy atom. The zero-order valence-corrected chi connectivity index (χ0v) is 24.0. The zero-order valence-electron chi connectivity index (χ0n) is 23.2. The summed E-state index contributed by atoms with van der Waals surface area (Å²) < 4.78 is 6.93. The highest BCUT2D eigenvalue weighted by Crippen LogP contribution is 2.33. The molecule has 1 amide bonds. The first-order chi connectivity index (χ1) is 18.2. The second-order valence-electron chi connectivity index (χ2n) is 9.93. The van der Waals surface area contributed by atoms with Crippen LogP contribution in [0.15, 0.2) is 47.2 Å². The van der Waals surface area contributed by atoms with E-state index in [-0.39, 0.29) is 30.0 Å². The molecule has 204 valence electrons. The summed E-state index contributed by atoms with van der Waals surface area (Å²) in [5.74, 6) is 0.377. The monoisotopic (exact) mass is 537 g/mol. The van der Waals surface area contributed by atoms with Crippen LogP contribution in [0.5, 0.6) is 0 Å². The van der Waals surface area contributed by atoms with Gasteiger partial charge in [-0.15, -0.1) is 16.4 Å². The Morgan fingerprint density at radius 3 is 2.63 bits per heavy atom. The summed E-state index contributed by atoms with van der Waals surface area (Å²) in [5, 5.41) is 13.9. The molecular formula is C29H39N5O3S. The van der Waals surface area contributed by atoms with Gasteiger partial charge in [0.05, 0.1) is 17.2 Å². The van der Waals surface area contributed by atoms with Crippen molar-refractivity contribution >= 4 is 41.0 Å². The van der Waals surface area contributed by atoms with Crippen molar-refractivity contribution < 1.29 is 14.3 Å². The highest BCUT2D eigenvalue weighted by atomic mass is 32.1. The van der Waals surface area contributed by atoms with Crippen molar-refractivity contribution in [3.63, 3.8) is 0 Å². The number of nitrogens with one attached hydrogen (secondary N) is 1. The number of nitrogens with zero attached hydrogens (tertiary/aromatic N) is 4. The largest absolute Gasteiger partial charge is 0.462 e. The van der Waals surface area contributed by atoms with Crippen LogP contribution in [0.25, 0.3) is 5.00 Å². The number of aliphatic imine (C=N–C) groups is 1. The predicted molar refractivity (Wildman–Crippen MR) is 155 cm³/mol. The van der Waals surface area contributed by atoms with Gasteiger partial charge in [0.2, 0.25) is 5.91 Å². The Bertz CT molecular complexity index is 1230. The highest BCUT2D eigenvalue weighted by Gasteiger charge is 2.34. The van der Waals surface area contributed by atoms with Gasteiger partial charge in [-0.2, -0.15) is 0 Å². The van der Waals surface area contributed by atoms with Crippen molar-refractivity contribution in [2.75, 3.05) is 11.5 Å². The molecule has 0 atom stereocenters. The van der Waals surface area contributed by atoms with E-state index >= 15 is 0 Å². The van der Waals surface area contributed by atoms with Gasteiger partial charge in [-0.25, -0.2) is 9.48 Å². The van der Waals surface area contributed by atoms with Crippen LogP contribution in [0.1, 0.15) is 82.5 Å². The normalized spacial score (nSPS) is 18.4. The molecule has 1 aliphatic rings. The molecule has 0 unspecified atom stereocenters. The third-order valence-corrected chi connectivity index (χ3v) is 7.64. The van der Waals surface area contributed by atoms with Crippen LogP contribution >= 0.6 is 11.3 Å². The van der Waals surface area contributed by atoms with E-state index in [2.05, 4.69) is 11.9 Å². The SMILES string of the molecule is C\C=C/C=N\C(C)=C\C(=N)c1ccc(-n2cc(C(=O)OCC)c(N(C(=O)[C@H]3CC[C@H](C)CC3)C(C)C)n2)s1. The Labute approximate surface area is 229 Å². The lowest BCUT2D eigenvalue weighted by atomic mass is 9.82. The molecule has 0 aliphatic heterocycles. The van der Waals surface area contributed by atoms with Crippen LogP contribution < -0.4 is 4.90 Å². The summed E-state index contributed by atoms with van der Waals surface area (Å²) >= 11 is 1.38. The first-order valence-electron chi connectivity index (χ1n) is 13.3. The Morgan fingerprint density at radius 2 is 2.00 bits per heavy atom. The van der Waals surface area contributed by atoms with E-state index in [9.17, 15) is 9.59 Å². The van der Waals surface area contributed by atoms with Gasteiger partial charge in [0, 0.05) is 30.1 Å². The van der Waals surface area contributed by atoms with E-state index in [0.717, 1.165) is 41.3 Å². The molecule has 1 N–H and O–H groups in total. The quantitative estimate of drug-likeness (QED) is 0.273. The van der Waals surface area contributed by atoms with Gasteiger partial charge < -0.3 is 4.74 Å². The Balaban J connectivity index is 1.95. The summed E-state index contributed by atoms with van der Waals surface area (Å²) in [6.07, 6.45) is 12.5. The zero-order chi connectivity index (χ0) is 27.8. The molecule has 9 heteroatoms. The lowest BCUT2D eigenvalue weighted by Gasteiger charge is -2.32. The van der Waals surface area contributed by atoms with E-state index in [0.29, 0.717) is 17.4 Å². The van der Waals surface area contributed by atoms with Crippen molar-refractivity contribution in [1.82, 2.24) is 9.78 Å². The topological polar surface area (TPSA) is 101 Å². The lowest BCUT2D eigenvalue weighted by molar-refractivity contribution is -0.124. The van der Waals surface area contributed by atoms with E-state index in [1.54, 1.807) is 35.0 Å². The number of esters is 1. The van der Waals surface area contributed by atoms with Gasteiger partial charge in [0.1, 0.15) is 10.6 Å². The van der Waals surface area contributed by atoms with E-state index < -0.39 is 5.97 Å². The van der Waals surface area contributed by atoms with Crippen LogP contribution in [0.4, 0.5) is 5.82 Å². The number of allylic oxidation sites excluding steroid dienone is 4. The molecule has 0 saturated heterocycles. The van der Waals surface area contributed by atoms with Crippen LogP contribution in [0.2, 0.25) is 0 Å². The second-order valence-corrected chi connectivity index (χ2v) is 11.0. The first-order valence-corrected chi connectivity index (χ1v) is 14.1. The summed E-state index contributed by atoms with van der Waals surface area (Å²) in [5.41, 5.74) is 1.31. The molecule has 2 heterocycles. The molecule has 38 heavy (non-hydrogen) atoms. The predicted octanol–water partition coefficient (Wildman–Crippen LogP) is 6.60. The van der Waals surface area contributed by atoms with E-state index in [1.807, 2.05) is 52.0 Å². The minimum Gasteiger partial charge on any atom is -0.462 e.